The predicted molar refractivity (Wildman–Crippen MR) is 193 cm³/mol. The number of ketones is 1. The number of pyridine rings is 1. The van der Waals surface area contributed by atoms with Gasteiger partial charge in [0.05, 0.1) is 24.2 Å². The zero-order valence-electron chi connectivity index (χ0n) is 30.4. The first-order valence-electron chi connectivity index (χ1n) is 18.0. The highest BCUT2D eigenvalue weighted by Crippen LogP contribution is 2.32. The number of hydrogen-bond donors (Lipinski definition) is 2. The van der Waals surface area contributed by atoms with Gasteiger partial charge < -0.3 is 39.4 Å². The standard InChI is InChI=1S/C38H46N6O9/c1-38(2,3)53-37(49)43-17-15-42(16-18-43)13-5-19-50-26-8-9-29-28(21-26)27(11-12-39-29)35(47)41-23-33(45)44-14-4-6-30(44)34(46)36(48)40-22-25-7-10-31-32(20-25)52-24-51-31/h7-12,20-21,30H,4-6,13-19,22-24H2,1-3H3,(H,40,48)(H,41,47)/t30-/m0/s1. The summed E-state index contributed by atoms with van der Waals surface area (Å²) in [6, 6.07) is 11.3. The normalized spacial score (nSPS) is 17.1. The van der Waals surface area contributed by atoms with Crippen LogP contribution >= 0.6 is 0 Å². The van der Waals surface area contributed by atoms with Gasteiger partial charge in [0.25, 0.3) is 11.8 Å². The van der Waals surface area contributed by atoms with Crippen molar-refractivity contribution < 1.29 is 42.9 Å². The van der Waals surface area contributed by atoms with Gasteiger partial charge in [-0.3, -0.25) is 29.1 Å². The summed E-state index contributed by atoms with van der Waals surface area (Å²) in [5.74, 6) is -0.634. The lowest BCUT2D eigenvalue weighted by molar-refractivity contribution is -0.144. The Bertz CT molecular complexity index is 1850. The highest BCUT2D eigenvalue weighted by molar-refractivity contribution is 6.38. The summed E-state index contributed by atoms with van der Waals surface area (Å²) >= 11 is 0. The van der Waals surface area contributed by atoms with E-state index in [9.17, 15) is 24.0 Å². The Labute approximate surface area is 307 Å². The lowest BCUT2D eigenvalue weighted by Crippen LogP contribution is -2.50. The molecule has 4 heterocycles. The molecule has 3 aromatic rings. The number of ether oxygens (including phenoxy) is 4. The minimum Gasteiger partial charge on any atom is -0.494 e. The molecule has 6 rings (SSSR count). The summed E-state index contributed by atoms with van der Waals surface area (Å²) in [5.41, 5.74) is 1.14. The summed E-state index contributed by atoms with van der Waals surface area (Å²) in [6.45, 7) is 9.81. The maximum Gasteiger partial charge on any atom is 0.410 e. The molecule has 0 spiro atoms. The zero-order valence-corrected chi connectivity index (χ0v) is 30.4. The molecule has 0 bridgehead atoms. The third kappa shape index (κ3) is 9.52. The average molecular weight is 731 g/mol. The van der Waals surface area contributed by atoms with Crippen molar-refractivity contribution in [2.24, 2.45) is 0 Å². The second-order valence-electron chi connectivity index (χ2n) is 14.2. The van der Waals surface area contributed by atoms with Gasteiger partial charge in [-0.05, 0) is 82.0 Å². The molecule has 4 amide bonds. The number of aromatic nitrogens is 1. The molecule has 3 aliphatic rings. The number of piperazine rings is 1. The van der Waals surface area contributed by atoms with E-state index in [1.165, 1.54) is 11.1 Å². The Balaban J connectivity index is 0.961. The molecule has 0 radical (unpaired) electrons. The molecule has 2 fully saturated rings. The molecule has 15 heteroatoms. The Kier molecular flexibility index (Phi) is 11.6. The average Bonchev–Trinajstić information content (AvgIpc) is 3.83. The first kappa shape index (κ1) is 37.3. The summed E-state index contributed by atoms with van der Waals surface area (Å²) in [7, 11) is 0. The van der Waals surface area contributed by atoms with E-state index in [1.54, 1.807) is 47.4 Å². The lowest BCUT2D eigenvalue weighted by atomic mass is 10.1. The number of hydrogen-bond acceptors (Lipinski definition) is 11. The molecule has 3 aliphatic heterocycles. The Hall–Kier alpha value is -5.44. The number of nitrogens with one attached hydrogen (secondary N) is 2. The number of carbonyl (C=O) groups is 5. The fourth-order valence-electron chi connectivity index (χ4n) is 6.53. The van der Waals surface area contributed by atoms with E-state index in [4.69, 9.17) is 18.9 Å². The Morgan fingerprint density at radius 2 is 1.72 bits per heavy atom. The Morgan fingerprint density at radius 1 is 0.925 bits per heavy atom. The minimum atomic E-state index is -0.903. The maximum atomic E-state index is 13.3. The van der Waals surface area contributed by atoms with Gasteiger partial charge in [0.15, 0.2) is 11.5 Å². The molecule has 2 saturated heterocycles. The monoisotopic (exact) mass is 730 g/mol. The fourth-order valence-corrected chi connectivity index (χ4v) is 6.53. The van der Waals surface area contributed by atoms with E-state index in [-0.39, 0.29) is 26.0 Å². The van der Waals surface area contributed by atoms with Crippen LogP contribution in [-0.2, 0) is 25.7 Å². The second-order valence-corrected chi connectivity index (χ2v) is 14.2. The van der Waals surface area contributed by atoms with Gasteiger partial charge in [0, 0.05) is 57.4 Å². The van der Waals surface area contributed by atoms with Crippen LogP contribution in [-0.4, -0.2) is 120 Å². The van der Waals surface area contributed by atoms with Crippen LogP contribution < -0.4 is 24.8 Å². The van der Waals surface area contributed by atoms with Crippen LogP contribution in [0.15, 0.2) is 48.7 Å². The molecule has 0 aliphatic carbocycles. The molecule has 282 valence electrons. The van der Waals surface area contributed by atoms with E-state index in [2.05, 4.69) is 20.5 Å². The smallest absolute Gasteiger partial charge is 0.410 e. The molecule has 2 aromatic carbocycles. The van der Waals surface area contributed by atoms with Crippen LogP contribution in [0.2, 0.25) is 0 Å². The van der Waals surface area contributed by atoms with Crippen LogP contribution in [0.5, 0.6) is 17.2 Å². The molecule has 15 nitrogen and oxygen atoms in total. The number of carbonyl (C=O) groups excluding carboxylic acids is 5. The van der Waals surface area contributed by atoms with Gasteiger partial charge in [-0.25, -0.2) is 4.79 Å². The number of nitrogens with zero attached hydrogens (tertiary/aromatic N) is 4. The maximum absolute atomic E-state index is 13.3. The van der Waals surface area contributed by atoms with Crippen molar-refractivity contribution in [3.8, 4) is 17.2 Å². The molecule has 2 N–H and O–H groups in total. The highest BCUT2D eigenvalue weighted by Gasteiger charge is 2.37. The SMILES string of the molecule is CC(C)(C)OC(=O)N1CCN(CCCOc2ccc3nccc(C(=O)NCC(=O)N4CCC[C@H]4C(=O)C(=O)NCc4ccc5c(c4)OCO5)c3c2)CC1. The van der Waals surface area contributed by atoms with Crippen molar-refractivity contribution in [3.05, 3.63) is 59.8 Å². The third-order valence-electron chi connectivity index (χ3n) is 9.26. The van der Waals surface area contributed by atoms with Crippen LogP contribution in [0, 0.1) is 0 Å². The largest absolute Gasteiger partial charge is 0.494 e. The predicted octanol–water partition coefficient (Wildman–Crippen LogP) is 2.89. The van der Waals surface area contributed by atoms with E-state index in [1.807, 2.05) is 20.8 Å². The highest BCUT2D eigenvalue weighted by atomic mass is 16.7. The van der Waals surface area contributed by atoms with Crippen LogP contribution in [0.1, 0.15) is 56.0 Å². The molecule has 1 atom stereocenters. The minimum absolute atomic E-state index is 0.112. The zero-order chi connectivity index (χ0) is 37.5. The van der Waals surface area contributed by atoms with Crippen LogP contribution in [0.4, 0.5) is 4.79 Å². The molecule has 53 heavy (non-hydrogen) atoms. The van der Waals surface area contributed by atoms with Crippen LogP contribution in [0.3, 0.4) is 0 Å². The molecule has 0 saturated carbocycles. The van der Waals surface area contributed by atoms with Crippen molar-refractivity contribution in [2.45, 2.75) is 58.2 Å². The number of Topliss-reactive ketones (excluding diaryl/α,β-unsaturated/α-hetero) is 1. The summed E-state index contributed by atoms with van der Waals surface area (Å²) in [6.07, 6.45) is 2.94. The van der Waals surface area contributed by atoms with Gasteiger partial charge in [-0.2, -0.15) is 0 Å². The van der Waals surface area contributed by atoms with Crippen molar-refractivity contribution in [1.82, 2.24) is 30.3 Å². The Morgan fingerprint density at radius 3 is 2.51 bits per heavy atom. The first-order valence-corrected chi connectivity index (χ1v) is 18.0. The van der Waals surface area contributed by atoms with Crippen molar-refractivity contribution in [3.63, 3.8) is 0 Å². The van der Waals surface area contributed by atoms with E-state index >= 15 is 0 Å². The van der Waals surface area contributed by atoms with E-state index in [0.29, 0.717) is 72.8 Å². The fraction of sp³-hybridized carbons (Fsp3) is 0.474. The topological polar surface area (TPSA) is 169 Å². The van der Waals surface area contributed by atoms with Gasteiger partial charge in [0.2, 0.25) is 18.5 Å². The number of amides is 4. The van der Waals surface area contributed by atoms with Crippen molar-refractivity contribution in [2.75, 3.05) is 59.2 Å². The number of fused-ring (bicyclic) bond motifs is 2. The molecule has 1 aromatic heterocycles. The molecular weight excluding hydrogens is 684 g/mol. The van der Waals surface area contributed by atoms with Gasteiger partial charge in [-0.15, -0.1) is 0 Å². The quantitative estimate of drug-likeness (QED) is 0.208. The van der Waals surface area contributed by atoms with Crippen molar-refractivity contribution in [1.29, 1.82) is 0 Å². The molecular formula is C38H46N6O9. The van der Waals surface area contributed by atoms with Crippen molar-refractivity contribution >= 4 is 40.5 Å². The number of benzene rings is 2. The molecule has 0 unspecified atom stereocenters. The first-order chi connectivity index (χ1) is 25.4. The van der Waals surface area contributed by atoms with E-state index < -0.39 is 35.1 Å². The van der Waals surface area contributed by atoms with Crippen LogP contribution in [0.25, 0.3) is 10.9 Å². The van der Waals surface area contributed by atoms with Gasteiger partial charge in [-0.1, -0.05) is 6.07 Å². The van der Waals surface area contributed by atoms with E-state index in [0.717, 1.165) is 31.6 Å². The lowest BCUT2D eigenvalue weighted by Gasteiger charge is -2.35. The number of likely N-dealkylation sites (tertiary alicyclic amines) is 1. The summed E-state index contributed by atoms with van der Waals surface area (Å²) < 4.78 is 22.2. The number of rotatable bonds is 12. The van der Waals surface area contributed by atoms with Gasteiger partial charge in [0.1, 0.15) is 17.4 Å². The summed E-state index contributed by atoms with van der Waals surface area (Å²) in [5, 5.41) is 5.89. The third-order valence-corrected chi connectivity index (χ3v) is 9.26. The summed E-state index contributed by atoms with van der Waals surface area (Å²) in [4.78, 5) is 74.5. The van der Waals surface area contributed by atoms with Gasteiger partial charge >= 0.3 is 6.09 Å². The second kappa shape index (κ2) is 16.5.